The van der Waals surface area contributed by atoms with Crippen LogP contribution < -0.4 is 0 Å². The smallest absolute Gasteiger partial charge is 0.321 e. The predicted octanol–water partition coefficient (Wildman–Crippen LogP) is 2.74. The molecular weight excluding hydrogens is 354 g/mol. The number of nitrogens with one attached hydrogen (secondary N) is 1. The number of urea groups is 1. The monoisotopic (exact) mass is 377 g/mol. The van der Waals surface area contributed by atoms with Gasteiger partial charge < -0.3 is 14.8 Å². The number of hydrogen-bond acceptors (Lipinski definition) is 4. The highest BCUT2D eigenvalue weighted by atomic mass is 16.2. The third kappa shape index (κ3) is 2.53. The molecule has 0 bridgehead atoms. The number of aromatic nitrogens is 4. The van der Waals surface area contributed by atoms with Crippen molar-refractivity contribution in [2.45, 2.75) is 38.1 Å². The summed E-state index contributed by atoms with van der Waals surface area (Å²) in [5.41, 5.74) is 2.80. The van der Waals surface area contributed by atoms with Crippen molar-refractivity contribution < 1.29 is 4.79 Å². The van der Waals surface area contributed by atoms with Gasteiger partial charge >= 0.3 is 6.03 Å². The van der Waals surface area contributed by atoms with Crippen LogP contribution in [0.15, 0.2) is 24.7 Å². The summed E-state index contributed by atoms with van der Waals surface area (Å²) in [6.45, 7) is 4.27. The highest BCUT2D eigenvalue weighted by molar-refractivity contribution is 5.76. The molecule has 0 radical (unpaired) electrons. The summed E-state index contributed by atoms with van der Waals surface area (Å²) in [5, 5.41) is 9.34. The Kier molecular flexibility index (Phi) is 3.97. The fourth-order valence-corrected chi connectivity index (χ4v) is 4.65. The molecule has 0 unspecified atom stereocenters. The number of hydrogen-bond donors (Lipinski definition) is 1. The minimum atomic E-state index is -0.289. The van der Waals surface area contributed by atoms with Crippen molar-refractivity contribution in [2.24, 2.45) is 5.92 Å². The van der Waals surface area contributed by atoms with E-state index in [1.54, 1.807) is 4.90 Å². The molecule has 8 nitrogen and oxygen atoms in total. The average molecular weight is 377 g/mol. The van der Waals surface area contributed by atoms with Gasteiger partial charge in [0.2, 0.25) is 0 Å². The molecule has 5 rings (SSSR count). The lowest BCUT2D eigenvalue weighted by atomic mass is 9.86. The van der Waals surface area contributed by atoms with Crippen LogP contribution in [0.3, 0.4) is 0 Å². The zero-order valence-corrected chi connectivity index (χ0v) is 15.9. The van der Waals surface area contributed by atoms with E-state index in [1.807, 2.05) is 29.6 Å². The van der Waals surface area contributed by atoms with Crippen LogP contribution in [0, 0.1) is 17.2 Å². The summed E-state index contributed by atoms with van der Waals surface area (Å²) in [6.07, 6.45) is 8.18. The Hall–Kier alpha value is -3.08. The van der Waals surface area contributed by atoms with Gasteiger partial charge in [-0.2, -0.15) is 5.26 Å². The number of rotatable bonds is 1. The molecule has 1 N–H and O–H groups in total. The van der Waals surface area contributed by atoms with Crippen LogP contribution >= 0.6 is 0 Å². The lowest BCUT2D eigenvalue weighted by molar-refractivity contribution is 0.126. The van der Waals surface area contributed by atoms with Crippen molar-refractivity contribution in [3.05, 3.63) is 30.5 Å². The Labute approximate surface area is 162 Å². The Morgan fingerprint density at radius 2 is 2.14 bits per heavy atom. The fourth-order valence-electron chi connectivity index (χ4n) is 4.65. The van der Waals surface area contributed by atoms with E-state index in [0.29, 0.717) is 19.0 Å². The topological polar surface area (TPSA) is 93.3 Å². The number of aromatic amines is 1. The van der Waals surface area contributed by atoms with Gasteiger partial charge in [-0.1, -0.05) is 6.92 Å². The SMILES string of the molecule is C[C@@H]1CCN(C(=O)N2CCC[C@H]2C#N)C[C@@H]1c1ncc2cnc3[nH]ccc3n12. The van der Waals surface area contributed by atoms with Crippen LogP contribution in [0.1, 0.15) is 37.9 Å². The third-order valence-corrected chi connectivity index (χ3v) is 6.30. The van der Waals surface area contributed by atoms with Crippen LogP contribution in [0.25, 0.3) is 16.7 Å². The van der Waals surface area contributed by atoms with Crippen LogP contribution in [-0.4, -0.2) is 60.9 Å². The zero-order chi connectivity index (χ0) is 19.3. The highest BCUT2D eigenvalue weighted by Crippen LogP contribution is 2.34. The molecular formula is C20H23N7O. The number of amides is 2. The first-order valence-corrected chi connectivity index (χ1v) is 9.92. The minimum Gasteiger partial charge on any atom is -0.345 e. The molecule has 0 saturated carbocycles. The van der Waals surface area contributed by atoms with Gasteiger partial charge in [-0.05, 0) is 31.2 Å². The maximum atomic E-state index is 13.1. The first-order chi connectivity index (χ1) is 13.7. The summed E-state index contributed by atoms with van der Waals surface area (Å²) in [7, 11) is 0. The normalized spacial score (nSPS) is 25.5. The fraction of sp³-hybridized carbons (Fsp3) is 0.500. The van der Waals surface area contributed by atoms with Gasteiger partial charge in [0.1, 0.15) is 11.9 Å². The third-order valence-electron chi connectivity index (χ3n) is 6.30. The van der Waals surface area contributed by atoms with Crippen molar-refractivity contribution >= 4 is 22.7 Å². The zero-order valence-electron chi connectivity index (χ0n) is 15.9. The lowest BCUT2D eigenvalue weighted by Crippen LogP contribution is -2.50. The summed E-state index contributed by atoms with van der Waals surface area (Å²) in [6, 6.07) is 3.99. The van der Waals surface area contributed by atoms with Gasteiger partial charge in [0.25, 0.3) is 0 Å². The van der Waals surface area contributed by atoms with Crippen LogP contribution in [-0.2, 0) is 0 Å². The number of piperidine rings is 1. The summed E-state index contributed by atoms with van der Waals surface area (Å²) >= 11 is 0. The number of fused-ring (bicyclic) bond motifs is 3. The summed E-state index contributed by atoms with van der Waals surface area (Å²) in [5.74, 6) is 1.54. The van der Waals surface area contributed by atoms with E-state index >= 15 is 0 Å². The quantitative estimate of drug-likeness (QED) is 0.706. The Morgan fingerprint density at radius 3 is 3.00 bits per heavy atom. The molecule has 144 valence electrons. The van der Waals surface area contributed by atoms with Crippen molar-refractivity contribution in [1.29, 1.82) is 5.26 Å². The first kappa shape index (κ1) is 17.0. The largest absolute Gasteiger partial charge is 0.345 e. The number of nitrogens with zero attached hydrogens (tertiary/aromatic N) is 6. The van der Waals surface area contributed by atoms with Crippen molar-refractivity contribution in [1.82, 2.24) is 29.2 Å². The number of imidazole rings is 1. The molecule has 3 atom stereocenters. The number of nitriles is 1. The van der Waals surface area contributed by atoms with E-state index < -0.39 is 0 Å². The predicted molar refractivity (Wildman–Crippen MR) is 104 cm³/mol. The van der Waals surface area contributed by atoms with E-state index in [4.69, 9.17) is 4.98 Å². The second-order valence-corrected chi connectivity index (χ2v) is 7.93. The maximum absolute atomic E-state index is 13.1. The van der Waals surface area contributed by atoms with Gasteiger partial charge in [-0.15, -0.1) is 0 Å². The van der Waals surface area contributed by atoms with Gasteiger partial charge in [-0.3, -0.25) is 4.40 Å². The number of likely N-dealkylation sites (tertiary alicyclic amines) is 2. The summed E-state index contributed by atoms with van der Waals surface area (Å²) < 4.78 is 2.15. The molecule has 0 spiro atoms. The first-order valence-electron chi connectivity index (χ1n) is 9.92. The molecule has 3 aromatic rings. The molecule has 2 aliphatic rings. The van der Waals surface area contributed by atoms with Gasteiger partial charge in [0.15, 0.2) is 5.65 Å². The molecule has 2 saturated heterocycles. The minimum absolute atomic E-state index is 0.00438. The van der Waals surface area contributed by atoms with E-state index in [1.165, 1.54) is 0 Å². The Bertz CT molecular complexity index is 1080. The van der Waals surface area contributed by atoms with Crippen molar-refractivity contribution in [3.8, 4) is 6.07 Å². The second-order valence-electron chi connectivity index (χ2n) is 7.93. The standard InChI is InChI=1S/C20H23N7O/c1-13-5-8-25(20(28)26-7-2-3-14(26)9-21)12-16(13)19-24-11-15-10-23-18-17(27(15)19)4-6-22-18/h4,6,10-11,13-14,16,22H,2-3,5,7-8,12H2,1H3/t13-,14+,16+/m1/s1. The number of carbonyl (C=O) groups is 1. The van der Waals surface area contributed by atoms with Crippen molar-refractivity contribution in [2.75, 3.05) is 19.6 Å². The number of H-pyrrole nitrogens is 1. The molecule has 8 heteroatoms. The molecule has 2 fully saturated rings. The van der Waals surface area contributed by atoms with Crippen molar-refractivity contribution in [3.63, 3.8) is 0 Å². The number of carbonyl (C=O) groups excluding carboxylic acids is 1. The highest BCUT2D eigenvalue weighted by Gasteiger charge is 2.37. The van der Waals surface area contributed by atoms with E-state index in [9.17, 15) is 10.1 Å². The Morgan fingerprint density at radius 1 is 1.29 bits per heavy atom. The maximum Gasteiger partial charge on any atom is 0.321 e. The second kappa shape index (κ2) is 6.51. The van der Waals surface area contributed by atoms with Crippen LogP contribution in [0.2, 0.25) is 0 Å². The van der Waals surface area contributed by atoms with Crippen LogP contribution in [0.4, 0.5) is 4.79 Å². The molecule has 3 aromatic heterocycles. The lowest BCUT2D eigenvalue weighted by Gasteiger charge is -2.38. The molecule has 2 amide bonds. The Balaban J connectivity index is 1.48. The molecule has 28 heavy (non-hydrogen) atoms. The van der Waals surface area contributed by atoms with Crippen LogP contribution in [0.5, 0.6) is 0 Å². The molecule has 5 heterocycles. The van der Waals surface area contributed by atoms with E-state index in [-0.39, 0.29) is 18.0 Å². The molecule has 0 aromatic carbocycles. The van der Waals surface area contributed by atoms with Gasteiger partial charge in [-0.25, -0.2) is 14.8 Å². The van der Waals surface area contributed by atoms with E-state index in [2.05, 4.69) is 27.4 Å². The molecule has 2 aliphatic heterocycles. The van der Waals surface area contributed by atoms with E-state index in [0.717, 1.165) is 48.3 Å². The van der Waals surface area contributed by atoms with Gasteiger partial charge in [0, 0.05) is 31.7 Å². The summed E-state index contributed by atoms with van der Waals surface area (Å²) in [4.78, 5) is 29.1. The van der Waals surface area contributed by atoms with Gasteiger partial charge in [0.05, 0.1) is 29.5 Å². The molecule has 0 aliphatic carbocycles. The average Bonchev–Trinajstić information content (AvgIpc) is 3.45.